The van der Waals surface area contributed by atoms with E-state index in [0.29, 0.717) is 6.04 Å². The Morgan fingerprint density at radius 3 is 2.69 bits per heavy atom. The number of rotatable bonds is 4. The first-order chi connectivity index (χ1) is 6.15. The molecule has 0 radical (unpaired) electrons. The first-order valence-corrected chi connectivity index (χ1v) is 4.90. The fourth-order valence-electron chi connectivity index (χ4n) is 1.48. The number of hydrogen-bond acceptors (Lipinski definition) is 2. The van der Waals surface area contributed by atoms with E-state index in [4.69, 9.17) is 5.73 Å². The van der Waals surface area contributed by atoms with E-state index in [1.165, 1.54) is 5.69 Å². The predicted molar refractivity (Wildman–Crippen MR) is 54.7 cm³/mol. The summed E-state index contributed by atoms with van der Waals surface area (Å²) in [5.41, 5.74) is 7.85. The first kappa shape index (κ1) is 10.3. The van der Waals surface area contributed by atoms with Crippen LogP contribution in [-0.2, 0) is 6.42 Å². The summed E-state index contributed by atoms with van der Waals surface area (Å²) >= 11 is 0. The van der Waals surface area contributed by atoms with Gasteiger partial charge >= 0.3 is 0 Å². The zero-order valence-corrected chi connectivity index (χ0v) is 8.75. The highest BCUT2D eigenvalue weighted by atomic mass is 15.3. The predicted octanol–water partition coefficient (Wildman–Crippen LogP) is 1.66. The maximum Gasteiger partial charge on any atom is 0.0628 e. The minimum Gasteiger partial charge on any atom is -0.330 e. The molecule has 0 aromatic carbocycles. The molecule has 74 valence electrons. The molecule has 1 aromatic rings. The molecular formula is C10H19N3. The van der Waals surface area contributed by atoms with E-state index < -0.39 is 0 Å². The van der Waals surface area contributed by atoms with Crippen molar-refractivity contribution < 1.29 is 0 Å². The van der Waals surface area contributed by atoms with Gasteiger partial charge < -0.3 is 5.73 Å². The van der Waals surface area contributed by atoms with Crippen LogP contribution in [0.2, 0.25) is 0 Å². The van der Waals surface area contributed by atoms with Crippen LogP contribution in [0.5, 0.6) is 0 Å². The Morgan fingerprint density at radius 2 is 2.23 bits per heavy atom. The monoisotopic (exact) mass is 181 g/mol. The van der Waals surface area contributed by atoms with E-state index in [0.717, 1.165) is 25.1 Å². The van der Waals surface area contributed by atoms with Gasteiger partial charge in [-0.25, -0.2) is 0 Å². The lowest BCUT2D eigenvalue weighted by atomic mass is 10.2. The molecule has 0 saturated carbocycles. The molecule has 0 unspecified atom stereocenters. The van der Waals surface area contributed by atoms with E-state index in [-0.39, 0.29) is 0 Å². The largest absolute Gasteiger partial charge is 0.330 e. The Balaban J connectivity index is 2.71. The second-order valence-corrected chi connectivity index (χ2v) is 3.71. The number of nitrogens with two attached hydrogens (primary N) is 1. The van der Waals surface area contributed by atoms with Gasteiger partial charge in [0.2, 0.25) is 0 Å². The van der Waals surface area contributed by atoms with E-state index in [1.54, 1.807) is 0 Å². The van der Waals surface area contributed by atoms with Gasteiger partial charge in [0.05, 0.1) is 5.69 Å². The zero-order chi connectivity index (χ0) is 9.84. The minimum atomic E-state index is 0.451. The second-order valence-electron chi connectivity index (χ2n) is 3.71. The van der Waals surface area contributed by atoms with Crippen molar-refractivity contribution in [1.82, 2.24) is 9.78 Å². The number of nitrogens with zero attached hydrogens (tertiary/aromatic N) is 2. The molecule has 13 heavy (non-hydrogen) atoms. The Bertz CT molecular complexity index is 263. The normalized spacial score (nSPS) is 11.2. The molecule has 3 heteroatoms. The van der Waals surface area contributed by atoms with Crippen LogP contribution in [-0.4, -0.2) is 16.3 Å². The van der Waals surface area contributed by atoms with Crippen LogP contribution < -0.4 is 5.73 Å². The molecule has 0 aliphatic carbocycles. The Morgan fingerprint density at radius 1 is 1.54 bits per heavy atom. The summed E-state index contributed by atoms with van der Waals surface area (Å²) in [7, 11) is 0. The highest BCUT2D eigenvalue weighted by Crippen LogP contribution is 2.10. The van der Waals surface area contributed by atoms with E-state index in [2.05, 4.69) is 36.6 Å². The molecule has 1 heterocycles. The molecule has 0 aliphatic heterocycles. The lowest BCUT2D eigenvalue weighted by molar-refractivity contribution is 0.513. The fraction of sp³-hybridized carbons (Fsp3) is 0.700. The van der Waals surface area contributed by atoms with Crippen LogP contribution >= 0.6 is 0 Å². The second kappa shape index (κ2) is 4.42. The lowest BCUT2D eigenvalue weighted by Gasteiger charge is -2.06. The molecule has 1 aromatic heterocycles. The SMILES string of the molecule is Cc1cc(CCCN)nn1C(C)C. The molecule has 0 fully saturated rings. The van der Waals surface area contributed by atoms with Gasteiger partial charge in [0.25, 0.3) is 0 Å². The van der Waals surface area contributed by atoms with Crippen LogP contribution in [0.4, 0.5) is 0 Å². The molecule has 0 amide bonds. The van der Waals surface area contributed by atoms with Crippen LogP contribution in [0.15, 0.2) is 6.07 Å². The van der Waals surface area contributed by atoms with Crippen LogP contribution in [0.25, 0.3) is 0 Å². The number of aromatic nitrogens is 2. The number of hydrogen-bond donors (Lipinski definition) is 1. The molecule has 1 rings (SSSR count). The van der Waals surface area contributed by atoms with Crippen molar-refractivity contribution in [1.29, 1.82) is 0 Å². The van der Waals surface area contributed by atoms with Crippen LogP contribution in [0.3, 0.4) is 0 Å². The third-order valence-electron chi connectivity index (χ3n) is 2.10. The highest BCUT2D eigenvalue weighted by Gasteiger charge is 2.05. The molecule has 0 aliphatic rings. The summed E-state index contributed by atoms with van der Waals surface area (Å²) in [6.07, 6.45) is 2.02. The van der Waals surface area contributed by atoms with Crippen molar-refractivity contribution in [2.24, 2.45) is 5.73 Å². The Labute approximate surface area is 79.9 Å². The average molecular weight is 181 g/mol. The summed E-state index contributed by atoms with van der Waals surface area (Å²) in [6, 6.07) is 2.60. The summed E-state index contributed by atoms with van der Waals surface area (Å²) < 4.78 is 2.06. The zero-order valence-electron chi connectivity index (χ0n) is 8.75. The molecule has 0 spiro atoms. The van der Waals surface area contributed by atoms with Gasteiger partial charge in [-0.3, -0.25) is 4.68 Å². The lowest BCUT2D eigenvalue weighted by Crippen LogP contribution is -2.05. The molecule has 0 atom stereocenters. The molecule has 3 nitrogen and oxygen atoms in total. The number of aryl methyl sites for hydroxylation is 2. The Hall–Kier alpha value is -0.830. The minimum absolute atomic E-state index is 0.451. The van der Waals surface area contributed by atoms with E-state index >= 15 is 0 Å². The smallest absolute Gasteiger partial charge is 0.0628 e. The van der Waals surface area contributed by atoms with Gasteiger partial charge in [0.1, 0.15) is 0 Å². The maximum atomic E-state index is 5.45. The molecule has 2 N–H and O–H groups in total. The quantitative estimate of drug-likeness (QED) is 0.767. The van der Waals surface area contributed by atoms with Crippen molar-refractivity contribution in [3.63, 3.8) is 0 Å². The van der Waals surface area contributed by atoms with Crippen molar-refractivity contribution in [3.05, 3.63) is 17.5 Å². The highest BCUT2D eigenvalue weighted by molar-refractivity contribution is 5.09. The summed E-state index contributed by atoms with van der Waals surface area (Å²) in [5, 5.41) is 4.51. The van der Waals surface area contributed by atoms with Gasteiger partial charge in [0, 0.05) is 11.7 Å². The van der Waals surface area contributed by atoms with Crippen LogP contribution in [0.1, 0.15) is 37.7 Å². The van der Waals surface area contributed by atoms with Crippen molar-refractivity contribution in [3.8, 4) is 0 Å². The van der Waals surface area contributed by atoms with Crippen molar-refractivity contribution in [2.45, 2.75) is 39.7 Å². The first-order valence-electron chi connectivity index (χ1n) is 4.90. The van der Waals surface area contributed by atoms with Gasteiger partial charge in [-0.15, -0.1) is 0 Å². The average Bonchev–Trinajstić information content (AvgIpc) is 2.43. The van der Waals surface area contributed by atoms with Gasteiger partial charge in [0.15, 0.2) is 0 Å². The molecule has 0 saturated heterocycles. The van der Waals surface area contributed by atoms with Crippen molar-refractivity contribution >= 4 is 0 Å². The summed E-state index contributed by atoms with van der Waals surface area (Å²) in [5.74, 6) is 0. The third kappa shape index (κ3) is 2.56. The van der Waals surface area contributed by atoms with E-state index in [9.17, 15) is 0 Å². The Kier molecular flexibility index (Phi) is 3.48. The summed E-state index contributed by atoms with van der Waals surface area (Å²) in [6.45, 7) is 7.13. The maximum absolute atomic E-state index is 5.45. The van der Waals surface area contributed by atoms with Crippen LogP contribution in [0, 0.1) is 6.92 Å². The third-order valence-corrected chi connectivity index (χ3v) is 2.10. The van der Waals surface area contributed by atoms with Gasteiger partial charge in [-0.1, -0.05) is 0 Å². The molecular weight excluding hydrogens is 162 g/mol. The fourth-order valence-corrected chi connectivity index (χ4v) is 1.48. The van der Waals surface area contributed by atoms with E-state index in [1.807, 2.05) is 0 Å². The summed E-state index contributed by atoms with van der Waals surface area (Å²) in [4.78, 5) is 0. The van der Waals surface area contributed by atoms with Gasteiger partial charge in [-0.2, -0.15) is 5.10 Å². The topological polar surface area (TPSA) is 43.8 Å². The van der Waals surface area contributed by atoms with Gasteiger partial charge in [-0.05, 0) is 46.2 Å². The standard InChI is InChI=1S/C10H19N3/c1-8(2)13-9(3)7-10(12-13)5-4-6-11/h7-8H,4-6,11H2,1-3H3. The molecule has 0 bridgehead atoms. The van der Waals surface area contributed by atoms with Crippen molar-refractivity contribution in [2.75, 3.05) is 6.54 Å².